The quantitative estimate of drug-likeness (QED) is 0.571. The van der Waals surface area contributed by atoms with Crippen LogP contribution >= 0.6 is 23.2 Å². The van der Waals surface area contributed by atoms with Gasteiger partial charge in [0.2, 0.25) is 5.56 Å². The lowest BCUT2D eigenvalue weighted by molar-refractivity contribution is 0.235. The Morgan fingerprint density at radius 2 is 1.93 bits per heavy atom. The molecule has 0 radical (unpaired) electrons. The van der Waals surface area contributed by atoms with Crippen LogP contribution in [0.5, 0.6) is 5.75 Å². The number of benzene rings is 2. The third kappa shape index (κ3) is 4.35. The number of hydrogen-bond acceptors (Lipinski definition) is 3. The highest BCUT2D eigenvalue weighted by Gasteiger charge is 2.19. The van der Waals surface area contributed by atoms with Crippen LogP contribution in [0.2, 0.25) is 10.0 Å². The number of aromatic amines is 1. The molecular weight excluding hydrogens is 395 g/mol. The van der Waals surface area contributed by atoms with Crippen molar-refractivity contribution in [1.82, 2.24) is 9.88 Å². The molecule has 2 heterocycles. The monoisotopic (exact) mass is 416 g/mol. The second kappa shape index (κ2) is 8.56. The lowest BCUT2D eigenvalue weighted by atomic mass is 9.99. The van der Waals surface area contributed by atoms with Crippen molar-refractivity contribution in [3.8, 4) is 5.75 Å². The minimum absolute atomic E-state index is 0.101. The van der Waals surface area contributed by atoms with Gasteiger partial charge in [0.1, 0.15) is 5.75 Å². The molecule has 1 aliphatic heterocycles. The Kier molecular flexibility index (Phi) is 5.90. The van der Waals surface area contributed by atoms with E-state index in [9.17, 15) is 4.79 Å². The molecule has 0 saturated carbocycles. The van der Waals surface area contributed by atoms with Gasteiger partial charge in [-0.1, -0.05) is 29.3 Å². The van der Waals surface area contributed by atoms with Crippen LogP contribution in [-0.2, 0) is 13.0 Å². The van der Waals surface area contributed by atoms with Gasteiger partial charge in [-0.3, -0.25) is 9.69 Å². The maximum Gasteiger partial charge on any atom is 0.248 e. The summed E-state index contributed by atoms with van der Waals surface area (Å²) in [6, 6.07) is 13.1. The van der Waals surface area contributed by atoms with E-state index in [1.807, 2.05) is 30.3 Å². The zero-order valence-electron chi connectivity index (χ0n) is 15.5. The van der Waals surface area contributed by atoms with Crippen molar-refractivity contribution in [3.05, 3.63) is 74.0 Å². The maximum absolute atomic E-state index is 11.4. The molecular formula is C22H22Cl2N2O2. The second-order valence-corrected chi connectivity index (χ2v) is 7.94. The minimum atomic E-state index is -0.101. The smallest absolute Gasteiger partial charge is 0.248 e. The first-order chi connectivity index (χ1) is 13.6. The fourth-order valence-corrected chi connectivity index (χ4v) is 4.13. The Morgan fingerprint density at radius 1 is 1.07 bits per heavy atom. The molecule has 6 heteroatoms. The van der Waals surface area contributed by atoms with Gasteiger partial charge in [0.25, 0.3) is 0 Å². The molecule has 28 heavy (non-hydrogen) atoms. The SMILES string of the molecule is O=c1ccc2ccc(OCCCCN3CCc4c(ccc(Cl)c4Cl)C3)cc2[nH]1. The maximum atomic E-state index is 11.4. The van der Waals surface area contributed by atoms with E-state index in [4.69, 9.17) is 27.9 Å². The Bertz CT molecular complexity index is 1050. The van der Waals surface area contributed by atoms with E-state index in [2.05, 4.69) is 16.0 Å². The lowest BCUT2D eigenvalue weighted by Crippen LogP contribution is -2.31. The molecule has 0 unspecified atom stereocenters. The first kappa shape index (κ1) is 19.3. The first-order valence-corrected chi connectivity index (χ1v) is 10.3. The number of ether oxygens (including phenoxy) is 1. The fourth-order valence-electron chi connectivity index (χ4n) is 3.68. The number of nitrogens with zero attached hydrogens (tertiary/aromatic N) is 1. The number of rotatable bonds is 6. The molecule has 4 rings (SSSR count). The molecule has 146 valence electrons. The lowest BCUT2D eigenvalue weighted by Gasteiger charge is -2.29. The van der Waals surface area contributed by atoms with Gasteiger partial charge in [-0.2, -0.15) is 0 Å². The Hall–Kier alpha value is -2.01. The zero-order valence-corrected chi connectivity index (χ0v) is 17.0. The molecule has 1 N–H and O–H groups in total. The average Bonchev–Trinajstić information content (AvgIpc) is 2.70. The van der Waals surface area contributed by atoms with Crippen LogP contribution < -0.4 is 10.3 Å². The Morgan fingerprint density at radius 3 is 2.82 bits per heavy atom. The summed E-state index contributed by atoms with van der Waals surface area (Å²) < 4.78 is 5.86. The minimum Gasteiger partial charge on any atom is -0.494 e. The van der Waals surface area contributed by atoms with Crippen molar-refractivity contribution in [3.63, 3.8) is 0 Å². The van der Waals surface area contributed by atoms with E-state index in [1.165, 1.54) is 17.2 Å². The molecule has 0 amide bonds. The van der Waals surface area contributed by atoms with Gasteiger partial charge in [-0.05, 0) is 66.6 Å². The highest BCUT2D eigenvalue weighted by atomic mass is 35.5. The Labute approximate surface area is 174 Å². The summed E-state index contributed by atoms with van der Waals surface area (Å²) in [5.74, 6) is 0.785. The highest BCUT2D eigenvalue weighted by Crippen LogP contribution is 2.32. The third-order valence-corrected chi connectivity index (χ3v) is 6.04. The largest absolute Gasteiger partial charge is 0.494 e. The zero-order chi connectivity index (χ0) is 19.5. The number of pyridine rings is 1. The van der Waals surface area contributed by atoms with Crippen LogP contribution in [0.4, 0.5) is 0 Å². The van der Waals surface area contributed by atoms with Crippen LogP contribution in [0, 0.1) is 0 Å². The van der Waals surface area contributed by atoms with Crippen molar-refractivity contribution in [1.29, 1.82) is 0 Å². The summed E-state index contributed by atoms with van der Waals surface area (Å²) in [5.41, 5.74) is 3.18. The summed E-state index contributed by atoms with van der Waals surface area (Å²) in [7, 11) is 0. The van der Waals surface area contributed by atoms with Crippen LogP contribution in [0.15, 0.2) is 47.3 Å². The summed E-state index contributed by atoms with van der Waals surface area (Å²) in [6.07, 6.45) is 3.00. The number of fused-ring (bicyclic) bond motifs is 2. The number of nitrogens with one attached hydrogen (secondary N) is 1. The van der Waals surface area contributed by atoms with Crippen molar-refractivity contribution in [2.75, 3.05) is 19.7 Å². The van der Waals surface area contributed by atoms with E-state index in [0.717, 1.165) is 55.5 Å². The average molecular weight is 417 g/mol. The summed E-state index contributed by atoms with van der Waals surface area (Å²) in [6.45, 7) is 3.62. The molecule has 0 bridgehead atoms. The molecule has 0 aliphatic carbocycles. The predicted octanol–water partition coefficient (Wildman–Crippen LogP) is 5.05. The fraction of sp³-hybridized carbons (Fsp3) is 0.318. The summed E-state index contributed by atoms with van der Waals surface area (Å²) in [5, 5.41) is 2.35. The molecule has 0 atom stereocenters. The second-order valence-electron chi connectivity index (χ2n) is 7.15. The standard InChI is InChI=1S/C22H22Cl2N2O2/c23-19-7-4-16-14-26(11-9-18(16)22(19)24)10-1-2-12-28-17-6-3-15-5-8-21(27)25-20(15)13-17/h3-8,13H,1-2,9-12,14H2,(H,25,27). The normalized spacial score (nSPS) is 14.2. The van der Waals surface area contributed by atoms with Crippen LogP contribution in [0.3, 0.4) is 0 Å². The van der Waals surface area contributed by atoms with Crippen molar-refractivity contribution >= 4 is 34.1 Å². The van der Waals surface area contributed by atoms with Crippen LogP contribution in [0.1, 0.15) is 24.0 Å². The van der Waals surface area contributed by atoms with Crippen molar-refractivity contribution < 1.29 is 4.74 Å². The molecule has 1 aliphatic rings. The van der Waals surface area contributed by atoms with Crippen LogP contribution in [-0.4, -0.2) is 29.6 Å². The van der Waals surface area contributed by atoms with Gasteiger partial charge >= 0.3 is 0 Å². The predicted molar refractivity (Wildman–Crippen MR) is 115 cm³/mol. The third-order valence-electron chi connectivity index (χ3n) is 5.20. The number of H-pyrrole nitrogens is 1. The number of hydrogen-bond donors (Lipinski definition) is 1. The van der Waals surface area contributed by atoms with E-state index in [1.54, 1.807) is 0 Å². The molecule has 0 spiro atoms. The summed E-state index contributed by atoms with van der Waals surface area (Å²) >= 11 is 12.4. The van der Waals surface area contributed by atoms with Gasteiger partial charge in [0, 0.05) is 25.2 Å². The van der Waals surface area contributed by atoms with Crippen molar-refractivity contribution in [2.24, 2.45) is 0 Å². The summed E-state index contributed by atoms with van der Waals surface area (Å²) in [4.78, 5) is 16.7. The van der Waals surface area contributed by atoms with E-state index >= 15 is 0 Å². The number of unbranched alkanes of at least 4 members (excludes halogenated alkanes) is 1. The van der Waals surface area contributed by atoms with Gasteiger partial charge in [0.05, 0.1) is 22.2 Å². The topological polar surface area (TPSA) is 45.3 Å². The molecule has 0 saturated heterocycles. The molecule has 0 fully saturated rings. The molecule has 3 aromatic rings. The van der Waals surface area contributed by atoms with Crippen LogP contribution in [0.25, 0.3) is 10.9 Å². The van der Waals surface area contributed by atoms with E-state index < -0.39 is 0 Å². The van der Waals surface area contributed by atoms with Gasteiger partial charge in [0.15, 0.2) is 0 Å². The van der Waals surface area contributed by atoms with E-state index in [0.29, 0.717) is 16.7 Å². The van der Waals surface area contributed by atoms with Gasteiger partial charge in [-0.25, -0.2) is 0 Å². The molecule has 1 aromatic heterocycles. The number of halogens is 2. The number of aromatic nitrogens is 1. The first-order valence-electron chi connectivity index (χ1n) is 9.54. The molecule has 4 nitrogen and oxygen atoms in total. The Balaban J connectivity index is 1.24. The molecule has 2 aromatic carbocycles. The van der Waals surface area contributed by atoms with Gasteiger partial charge < -0.3 is 9.72 Å². The van der Waals surface area contributed by atoms with Crippen molar-refractivity contribution in [2.45, 2.75) is 25.8 Å². The van der Waals surface area contributed by atoms with Gasteiger partial charge in [-0.15, -0.1) is 0 Å². The highest BCUT2D eigenvalue weighted by molar-refractivity contribution is 6.42. The van der Waals surface area contributed by atoms with E-state index in [-0.39, 0.29) is 5.56 Å².